The molecule has 21 heavy (non-hydrogen) atoms. The van der Waals surface area contributed by atoms with Crippen LogP contribution >= 0.6 is 13.5 Å². The highest BCUT2D eigenvalue weighted by atomic mass is 32.1. The third kappa shape index (κ3) is 7.45. The van der Waals surface area contributed by atoms with Crippen LogP contribution < -0.4 is 5.32 Å². The fraction of sp³-hybridized carbons (Fsp3) is 0.429. The number of ether oxygens (including phenoxy) is 1. The second-order valence-corrected chi connectivity index (χ2v) is 5.41. The quantitative estimate of drug-likeness (QED) is 0.790. The molecule has 0 radical (unpaired) electrons. The number of carboxylic acid groups (broad SMARTS) is 1. The van der Waals surface area contributed by atoms with Gasteiger partial charge in [0.2, 0.25) is 0 Å². The Labute approximate surface area is 130 Å². The molecular formula is C14H21NO5S. The van der Waals surface area contributed by atoms with Gasteiger partial charge in [-0.05, 0) is 38.5 Å². The zero-order chi connectivity index (χ0) is 15.3. The number of rotatable bonds is 4. The molecule has 1 atom stereocenters. The van der Waals surface area contributed by atoms with Crippen LogP contribution in [-0.4, -0.2) is 33.9 Å². The summed E-state index contributed by atoms with van der Waals surface area (Å²) in [6, 6.07) is 5.03. The standard InChI is InChI=1S/C14H19NO5.H2S/c1-14(2,3)20-13(19)15-11(12(17)18)8-9-4-6-10(16)7-5-9;/h4-7,11,16H,8H2,1-3H3,(H,15,19)(H,17,18);1H2/t11-;/m0./s1. The minimum atomic E-state index is -1.15. The summed E-state index contributed by atoms with van der Waals surface area (Å²) in [6.07, 6.45) is -0.668. The predicted molar refractivity (Wildman–Crippen MR) is 83.0 cm³/mol. The largest absolute Gasteiger partial charge is 0.508 e. The second-order valence-electron chi connectivity index (χ2n) is 5.41. The average molecular weight is 315 g/mol. The summed E-state index contributed by atoms with van der Waals surface area (Å²) in [5, 5.41) is 20.6. The van der Waals surface area contributed by atoms with E-state index >= 15 is 0 Å². The van der Waals surface area contributed by atoms with E-state index in [2.05, 4.69) is 5.32 Å². The molecule has 0 aliphatic heterocycles. The number of phenols is 1. The van der Waals surface area contributed by atoms with Gasteiger partial charge in [-0.15, -0.1) is 0 Å². The molecule has 1 rings (SSSR count). The summed E-state index contributed by atoms with van der Waals surface area (Å²) < 4.78 is 5.02. The highest BCUT2D eigenvalue weighted by molar-refractivity contribution is 7.59. The molecule has 0 aliphatic carbocycles. The third-order valence-corrected chi connectivity index (χ3v) is 2.37. The molecule has 3 N–H and O–H groups in total. The van der Waals surface area contributed by atoms with Crippen LogP contribution in [0, 0.1) is 0 Å². The maximum atomic E-state index is 11.6. The van der Waals surface area contributed by atoms with Crippen LogP contribution in [0.1, 0.15) is 26.3 Å². The van der Waals surface area contributed by atoms with Gasteiger partial charge in [0.1, 0.15) is 17.4 Å². The zero-order valence-corrected chi connectivity index (χ0v) is 13.2. The molecule has 0 aliphatic rings. The average Bonchev–Trinajstić information content (AvgIpc) is 2.28. The molecular weight excluding hydrogens is 294 g/mol. The number of aromatic hydroxyl groups is 1. The van der Waals surface area contributed by atoms with Gasteiger partial charge in [-0.2, -0.15) is 13.5 Å². The van der Waals surface area contributed by atoms with Gasteiger partial charge < -0.3 is 20.3 Å². The first kappa shape index (κ1) is 19.1. The molecule has 0 fully saturated rings. The number of phenolic OH excluding ortho intramolecular Hbond substituents is 1. The van der Waals surface area contributed by atoms with E-state index in [9.17, 15) is 9.59 Å². The van der Waals surface area contributed by atoms with Crippen molar-refractivity contribution in [3.63, 3.8) is 0 Å². The van der Waals surface area contributed by atoms with Crippen molar-refractivity contribution in [2.75, 3.05) is 0 Å². The van der Waals surface area contributed by atoms with Crippen LogP contribution in [0.25, 0.3) is 0 Å². The number of amides is 1. The van der Waals surface area contributed by atoms with Crippen molar-refractivity contribution >= 4 is 25.6 Å². The van der Waals surface area contributed by atoms with Gasteiger partial charge in [0, 0.05) is 6.42 Å². The molecule has 0 bridgehead atoms. The second kappa shape index (κ2) is 7.78. The van der Waals surface area contributed by atoms with Crippen molar-refractivity contribution in [1.82, 2.24) is 5.32 Å². The molecule has 1 aromatic carbocycles. The maximum absolute atomic E-state index is 11.6. The van der Waals surface area contributed by atoms with E-state index in [4.69, 9.17) is 14.9 Å². The van der Waals surface area contributed by atoms with Crippen LogP contribution in [0.2, 0.25) is 0 Å². The summed E-state index contributed by atoms with van der Waals surface area (Å²) in [4.78, 5) is 22.7. The normalized spacial score (nSPS) is 12.0. The Kier molecular flexibility index (Phi) is 7.08. The molecule has 6 nitrogen and oxygen atoms in total. The van der Waals surface area contributed by atoms with Gasteiger partial charge in [-0.25, -0.2) is 9.59 Å². The lowest BCUT2D eigenvalue weighted by molar-refractivity contribution is -0.139. The Morgan fingerprint density at radius 3 is 2.19 bits per heavy atom. The number of carbonyl (C=O) groups is 2. The van der Waals surface area contributed by atoms with Gasteiger partial charge in [-0.3, -0.25) is 0 Å². The van der Waals surface area contributed by atoms with Crippen LogP contribution in [0.15, 0.2) is 24.3 Å². The van der Waals surface area contributed by atoms with E-state index in [1.165, 1.54) is 12.1 Å². The fourth-order valence-corrected chi connectivity index (χ4v) is 1.52. The van der Waals surface area contributed by atoms with E-state index < -0.39 is 23.7 Å². The molecule has 7 heteroatoms. The highest BCUT2D eigenvalue weighted by Crippen LogP contribution is 2.12. The highest BCUT2D eigenvalue weighted by Gasteiger charge is 2.24. The SMILES string of the molecule is CC(C)(C)OC(=O)N[C@@H](Cc1ccc(O)cc1)C(=O)O.S. The Bertz CT molecular complexity index is 481. The zero-order valence-electron chi connectivity index (χ0n) is 12.2. The topological polar surface area (TPSA) is 95.9 Å². The Morgan fingerprint density at radius 1 is 1.24 bits per heavy atom. The fourth-order valence-electron chi connectivity index (χ4n) is 1.52. The van der Waals surface area contributed by atoms with Crippen LogP contribution in [0.3, 0.4) is 0 Å². The Hall–Kier alpha value is -1.89. The lowest BCUT2D eigenvalue weighted by Crippen LogP contribution is -2.44. The number of nitrogens with one attached hydrogen (secondary N) is 1. The Balaban J connectivity index is 0.00000400. The first-order chi connectivity index (χ1) is 9.17. The number of benzene rings is 1. The van der Waals surface area contributed by atoms with Crippen LogP contribution in [0.4, 0.5) is 4.79 Å². The summed E-state index contributed by atoms with van der Waals surface area (Å²) in [7, 11) is 0. The summed E-state index contributed by atoms with van der Waals surface area (Å²) in [6.45, 7) is 5.09. The molecule has 0 saturated carbocycles. The van der Waals surface area contributed by atoms with Gasteiger partial charge >= 0.3 is 12.1 Å². The molecule has 0 spiro atoms. The molecule has 0 saturated heterocycles. The number of carbonyl (C=O) groups excluding carboxylic acids is 1. The van der Waals surface area contributed by atoms with E-state index in [1.54, 1.807) is 32.9 Å². The maximum Gasteiger partial charge on any atom is 0.408 e. The smallest absolute Gasteiger partial charge is 0.408 e. The van der Waals surface area contributed by atoms with Crippen molar-refractivity contribution < 1.29 is 24.5 Å². The predicted octanol–water partition coefficient (Wildman–Crippen LogP) is 2.03. The van der Waals surface area contributed by atoms with Crippen molar-refractivity contribution in [1.29, 1.82) is 0 Å². The van der Waals surface area contributed by atoms with Gasteiger partial charge in [0.25, 0.3) is 0 Å². The van der Waals surface area contributed by atoms with Crippen LogP contribution in [-0.2, 0) is 16.0 Å². The number of carboxylic acids is 1. The first-order valence-electron chi connectivity index (χ1n) is 6.17. The van der Waals surface area contributed by atoms with Gasteiger partial charge in [0.05, 0.1) is 0 Å². The monoisotopic (exact) mass is 315 g/mol. The minimum absolute atomic E-state index is 0. The molecule has 0 aromatic heterocycles. The lowest BCUT2D eigenvalue weighted by Gasteiger charge is -2.22. The number of aliphatic carboxylic acids is 1. The van der Waals surface area contributed by atoms with Gasteiger partial charge in [-0.1, -0.05) is 12.1 Å². The van der Waals surface area contributed by atoms with Gasteiger partial charge in [0.15, 0.2) is 0 Å². The third-order valence-electron chi connectivity index (χ3n) is 2.37. The van der Waals surface area contributed by atoms with Crippen molar-refractivity contribution in [2.45, 2.75) is 38.8 Å². The van der Waals surface area contributed by atoms with E-state index in [0.29, 0.717) is 5.56 Å². The summed E-state index contributed by atoms with van der Waals surface area (Å²) in [5.41, 5.74) is -0.00247. The molecule has 0 heterocycles. The molecule has 0 unspecified atom stereocenters. The van der Waals surface area contributed by atoms with E-state index in [0.717, 1.165) is 0 Å². The minimum Gasteiger partial charge on any atom is -0.508 e. The van der Waals surface area contributed by atoms with E-state index in [-0.39, 0.29) is 25.7 Å². The van der Waals surface area contributed by atoms with Crippen molar-refractivity contribution in [3.05, 3.63) is 29.8 Å². The first-order valence-corrected chi connectivity index (χ1v) is 6.17. The molecule has 1 amide bonds. The van der Waals surface area contributed by atoms with E-state index in [1.807, 2.05) is 0 Å². The number of hydrogen-bond acceptors (Lipinski definition) is 4. The summed E-state index contributed by atoms with van der Waals surface area (Å²) >= 11 is 0. The van der Waals surface area contributed by atoms with Crippen molar-refractivity contribution in [2.24, 2.45) is 0 Å². The van der Waals surface area contributed by atoms with Crippen LogP contribution in [0.5, 0.6) is 5.75 Å². The molecule has 1 aromatic rings. The van der Waals surface area contributed by atoms with Crippen molar-refractivity contribution in [3.8, 4) is 5.75 Å². The molecule has 118 valence electrons. The summed E-state index contributed by atoms with van der Waals surface area (Å²) in [5.74, 6) is -1.05. The number of alkyl carbamates (subject to hydrolysis) is 1. The lowest BCUT2D eigenvalue weighted by atomic mass is 10.1. The number of hydrogen-bond donors (Lipinski definition) is 3. The Morgan fingerprint density at radius 2 is 1.76 bits per heavy atom.